The smallest absolute Gasteiger partial charge is 0.237 e. The summed E-state index contributed by atoms with van der Waals surface area (Å²) in [6.45, 7) is 4.71. The van der Waals surface area contributed by atoms with Gasteiger partial charge in [0.25, 0.3) is 0 Å². The maximum Gasteiger partial charge on any atom is 0.237 e. The SMILES string of the molecule is CC1(C)c2ccccc2-c2cc3c4ccccc4n(-c4nc(-c5cccc(-c6cccc(-n7c8ccccc8c8ccc(-c9ccc%10c(c9)c9ccccc9n%10-c9ccccc9)cc87)c6)c5)cc(-n5c6ccccc6c6cc(-c7ccc8oc9ccccc9c8c7)ccc65)n4)c3cc21. The molecule has 458 valence electrons. The Hall–Kier alpha value is -12.8. The normalized spacial score (nSPS) is 12.9. The van der Waals surface area contributed by atoms with E-state index in [2.05, 4.69) is 335 Å². The molecule has 0 unspecified atom stereocenters. The molecule has 0 atom stereocenters. The Kier molecular flexibility index (Phi) is 11.5. The lowest BCUT2D eigenvalue weighted by Gasteiger charge is -2.21. The summed E-state index contributed by atoms with van der Waals surface area (Å²) in [5.41, 5.74) is 26.5. The average molecular weight is 1250 g/mol. The second kappa shape index (κ2) is 20.6. The molecule has 6 heterocycles. The van der Waals surface area contributed by atoms with E-state index in [1.165, 1.54) is 65.8 Å². The van der Waals surface area contributed by atoms with E-state index >= 15 is 0 Å². The minimum absolute atomic E-state index is 0.222. The Balaban J connectivity index is 0.730. The van der Waals surface area contributed by atoms with E-state index in [9.17, 15) is 0 Å². The van der Waals surface area contributed by atoms with Crippen molar-refractivity contribution in [3.05, 3.63) is 327 Å². The summed E-state index contributed by atoms with van der Waals surface area (Å²) >= 11 is 0. The number of hydrogen-bond acceptors (Lipinski definition) is 3. The quantitative estimate of drug-likeness (QED) is 0.152. The van der Waals surface area contributed by atoms with Gasteiger partial charge in [0.1, 0.15) is 17.0 Å². The van der Waals surface area contributed by atoms with Crippen LogP contribution >= 0.6 is 0 Å². The van der Waals surface area contributed by atoms with E-state index in [0.29, 0.717) is 5.95 Å². The number of hydrogen-bond donors (Lipinski definition) is 0. The van der Waals surface area contributed by atoms with Gasteiger partial charge in [0.15, 0.2) is 0 Å². The topological polar surface area (TPSA) is 58.6 Å². The highest BCUT2D eigenvalue weighted by atomic mass is 16.3. The van der Waals surface area contributed by atoms with Crippen molar-refractivity contribution in [3.8, 4) is 78.9 Å². The second-order valence-electron chi connectivity index (χ2n) is 26.9. The molecule has 1 aliphatic rings. The van der Waals surface area contributed by atoms with Crippen molar-refractivity contribution in [1.82, 2.24) is 28.2 Å². The van der Waals surface area contributed by atoms with E-state index in [0.717, 1.165) is 127 Å². The molecule has 7 heteroatoms. The molecule has 0 radical (unpaired) electrons. The Labute approximate surface area is 563 Å². The molecule has 0 amide bonds. The highest BCUT2D eigenvalue weighted by Gasteiger charge is 2.36. The molecule has 0 saturated heterocycles. The van der Waals surface area contributed by atoms with Crippen molar-refractivity contribution in [3.63, 3.8) is 0 Å². The van der Waals surface area contributed by atoms with Crippen molar-refractivity contribution in [2.45, 2.75) is 19.3 Å². The molecule has 20 aromatic rings. The minimum atomic E-state index is -0.222. The van der Waals surface area contributed by atoms with Crippen molar-refractivity contribution in [1.29, 1.82) is 0 Å². The highest BCUT2D eigenvalue weighted by Crippen LogP contribution is 2.51. The third-order valence-corrected chi connectivity index (χ3v) is 21.2. The second-order valence-corrected chi connectivity index (χ2v) is 26.9. The Morgan fingerprint density at radius 3 is 1.45 bits per heavy atom. The van der Waals surface area contributed by atoms with Gasteiger partial charge in [0.2, 0.25) is 5.95 Å². The fourth-order valence-electron chi connectivity index (χ4n) is 16.6. The zero-order valence-corrected chi connectivity index (χ0v) is 53.6. The molecule has 0 fully saturated rings. The Morgan fingerprint density at radius 1 is 0.255 bits per heavy atom. The Morgan fingerprint density at radius 2 is 0.724 bits per heavy atom. The molecule has 0 bridgehead atoms. The zero-order valence-electron chi connectivity index (χ0n) is 53.6. The highest BCUT2D eigenvalue weighted by molar-refractivity contribution is 6.15. The first-order valence-electron chi connectivity index (χ1n) is 33.7. The van der Waals surface area contributed by atoms with E-state index in [1.54, 1.807) is 0 Å². The average Bonchev–Trinajstić information content (AvgIpc) is 1.56. The largest absolute Gasteiger partial charge is 0.456 e. The number of nitrogens with zero attached hydrogens (tertiary/aromatic N) is 6. The van der Waals surface area contributed by atoms with Gasteiger partial charge in [-0.25, -0.2) is 4.98 Å². The third kappa shape index (κ3) is 7.98. The molecule has 0 N–H and O–H groups in total. The molecule has 14 aromatic carbocycles. The van der Waals surface area contributed by atoms with Crippen LogP contribution < -0.4 is 0 Å². The number of para-hydroxylation sites is 6. The molecule has 21 rings (SSSR count). The monoisotopic (exact) mass is 1250 g/mol. The van der Waals surface area contributed by atoms with Gasteiger partial charge in [0, 0.05) is 82.3 Å². The van der Waals surface area contributed by atoms with E-state index in [4.69, 9.17) is 14.4 Å². The molecule has 0 aliphatic heterocycles. The van der Waals surface area contributed by atoms with Gasteiger partial charge >= 0.3 is 0 Å². The molecular weight excluding hydrogens is 1190 g/mol. The molecule has 6 aromatic heterocycles. The summed E-state index contributed by atoms with van der Waals surface area (Å²) in [6.07, 6.45) is 0. The van der Waals surface area contributed by atoms with Crippen molar-refractivity contribution >= 4 is 109 Å². The number of fused-ring (bicyclic) bond motifs is 18. The standard InChI is InChI=1S/C91H58N6O/c1-91(2)76-32-12-6-26-64(76)71-52-74-68-30-10-16-36-82(68)97(86(74)53-77(71)91)90-92-78(54-89(93-90)96-81-35-15-9-29-67(81)73-48-57(40-44-84(73)96)59-41-45-88-75(50-59)70-31-11-17-37-87(70)98-88)61-22-18-20-55(46-61)56-21-19-25-63(47-56)95-79-33-13-7-27-65(79)69-42-38-60(51-85(69)95)58-39-43-83-72(49-58)66-28-8-14-34-80(66)94(83)62-23-4-3-5-24-62/h3-54H,1-2H3. The van der Waals surface area contributed by atoms with Crippen LogP contribution in [0.1, 0.15) is 25.0 Å². The zero-order chi connectivity index (χ0) is 64.5. The van der Waals surface area contributed by atoms with Gasteiger partial charge in [-0.2, -0.15) is 4.98 Å². The number of benzene rings is 14. The van der Waals surface area contributed by atoms with Crippen LogP contribution in [0.15, 0.2) is 320 Å². The van der Waals surface area contributed by atoms with Crippen LogP contribution in [-0.2, 0) is 5.41 Å². The van der Waals surface area contributed by atoms with E-state index in [-0.39, 0.29) is 5.41 Å². The molecular formula is C91H58N6O. The summed E-state index contributed by atoms with van der Waals surface area (Å²) in [6, 6.07) is 115. The summed E-state index contributed by atoms with van der Waals surface area (Å²) < 4.78 is 15.8. The van der Waals surface area contributed by atoms with Gasteiger partial charge in [-0.3, -0.25) is 9.13 Å². The molecule has 1 aliphatic carbocycles. The molecule has 7 nitrogen and oxygen atoms in total. The van der Waals surface area contributed by atoms with Gasteiger partial charge in [-0.15, -0.1) is 0 Å². The fraction of sp³-hybridized carbons (Fsp3) is 0.0330. The third-order valence-electron chi connectivity index (χ3n) is 21.2. The van der Waals surface area contributed by atoms with Crippen LogP contribution in [0.5, 0.6) is 0 Å². The predicted molar refractivity (Wildman–Crippen MR) is 406 cm³/mol. The number of rotatable bonds is 8. The van der Waals surface area contributed by atoms with Gasteiger partial charge in [-0.05, 0) is 171 Å². The molecule has 98 heavy (non-hydrogen) atoms. The summed E-state index contributed by atoms with van der Waals surface area (Å²) in [4.78, 5) is 11.5. The van der Waals surface area contributed by atoms with Crippen LogP contribution in [0.25, 0.3) is 188 Å². The number of furan rings is 1. The fourth-order valence-corrected chi connectivity index (χ4v) is 16.6. The maximum absolute atomic E-state index is 6.29. The van der Waals surface area contributed by atoms with E-state index < -0.39 is 0 Å². The van der Waals surface area contributed by atoms with Gasteiger partial charge in [-0.1, -0.05) is 208 Å². The minimum Gasteiger partial charge on any atom is -0.456 e. The van der Waals surface area contributed by atoms with Crippen LogP contribution in [-0.4, -0.2) is 28.2 Å². The molecule has 0 spiro atoms. The van der Waals surface area contributed by atoms with E-state index in [1.807, 2.05) is 12.1 Å². The Bertz CT molecular complexity index is 6790. The molecule has 0 saturated carbocycles. The lowest BCUT2D eigenvalue weighted by molar-refractivity contribution is 0.661. The lowest BCUT2D eigenvalue weighted by atomic mass is 9.82. The summed E-state index contributed by atoms with van der Waals surface area (Å²) in [5.74, 6) is 1.37. The van der Waals surface area contributed by atoms with Gasteiger partial charge < -0.3 is 13.6 Å². The first kappa shape index (κ1) is 54.5. The maximum atomic E-state index is 6.29. The van der Waals surface area contributed by atoms with Crippen molar-refractivity contribution in [2.24, 2.45) is 0 Å². The van der Waals surface area contributed by atoms with Crippen LogP contribution in [0.2, 0.25) is 0 Å². The van der Waals surface area contributed by atoms with Crippen molar-refractivity contribution in [2.75, 3.05) is 0 Å². The lowest BCUT2D eigenvalue weighted by Crippen LogP contribution is -2.15. The first-order valence-corrected chi connectivity index (χ1v) is 33.7. The first-order chi connectivity index (χ1) is 48.3. The summed E-state index contributed by atoms with van der Waals surface area (Å²) in [7, 11) is 0. The van der Waals surface area contributed by atoms with Crippen LogP contribution in [0, 0.1) is 0 Å². The summed E-state index contributed by atoms with van der Waals surface area (Å²) in [5, 5.41) is 11.7. The van der Waals surface area contributed by atoms with Crippen LogP contribution in [0.4, 0.5) is 0 Å². The van der Waals surface area contributed by atoms with Crippen LogP contribution in [0.3, 0.4) is 0 Å². The van der Waals surface area contributed by atoms with Gasteiger partial charge in [0.05, 0.1) is 49.8 Å². The predicted octanol–water partition coefficient (Wildman–Crippen LogP) is 23.7. The van der Waals surface area contributed by atoms with Crippen molar-refractivity contribution < 1.29 is 4.42 Å². The number of aromatic nitrogens is 6.